The van der Waals surface area contributed by atoms with Gasteiger partial charge in [-0.3, -0.25) is 0 Å². The molecule has 0 unspecified atom stereocenters. The molecule has 0 atom stereocenters. The number of hydrogen-bond donors (Lipinski definition) is 0. The topological polar surface area (TPSA) is 17.1 Å². The SMILES string of the molecule is CC1C(C)(C)P(=O)(Sc2ccccc2)C1(C)C. The van der Waals surface area contributed by atoms with E-state index in [-0.39, 0.29) is 10.3 Å². The van der Waals surface area contributed by atoms with Crippen LogP contribution in [0, 0.1) is 5.92 Å². The Labute approximate surface area is 109 Å². The van der Waals surface area contributed by atoms with Crippen molar-refractivity contribution in [2.24, 2.45) is 5.92 Å². The van der Waals surface area contributed by atoms with Gasteiger partial charge in [0, 0.05) is 15.2 Å². The second-order valence-corrected chi connectivity index (χ2v) is 12.1. The molecule has 0 aliphatic carbocycles. The van der Waals surface area contributed by atoms with Gasteiger partial charge < -0.3 is 4.57 Å². The van der Waals surface area contributed by atoms with Gasteiger partial charge >= 0.3 is 0 Å². The predicted octanol–water partition coefficient (Wildman–Crippen LogP) is 5.26. The van der Waals surface area contributed by atoms with Crippen molar-refractivity contribution in [1.82, 2.24) is 0 Å². The molecule has 1 aromatic rings. The van der Waals surface area contributed by atoms with Crippen molar-refractivity contribution in [2.75, 3.05) is 0 Å². The van der Waals surface area contributed by atoms with Crippen molar-refractivity contribution >= 4 is 17.7 Å². The Morgan fingerprint density at radius 3 is 2.00 bits per heavy atom. The van der Waals surface area contributed by atoms with Crippen molar-refractivity contribution < 1.29 is 4.57 Å². The minimum absolute atomic E-state index is 0.0585. The van der Waals surface area contributed by atoms with Crippen molar-refractivity contribution in [3.63, 3.8) is 0 Å². The second kappa shape index (κ2) is 3.90. The second-order valence-electron chi connectivity index (χ2n) is 5.98. The average Bonchev–Trinajstić information content (AvgIpc) is 2.28. The van der Waals surface area contributed by atoms with Gasteiger partial charge in [0.05, 0.1) is 0 Å². The fraction of sp³-hybridized carbons (Fsp3) is 0.571. The highest BCUT2D eigenvalue weighted by Gasteiger charge is 2.68. The highest BCUT2D eigenvalue weighted by Crippen LogP contribution is 2.89. The molecular weight excluding hydrogens is 247 g/mol. The van der Waals surface area contributed by atoms with Gasteiger partial charge in [-0.1, -0.05) is 64.2 Å². The number of benzene rings is 1. The average molecular weight is 268 g/mol. The van der Waals surface area contributed by atoms with Crippen LogP contribution in [0.25, 0.3) is 0 Å². The fourth-order valence-corrected chi connectivity index (χ4v) is 10.5. The van der Waals surface area contributed by atoms with Crippen LogP contribution in [0.2, 0.25) is 0 Å². The molecule has 1 aliphatic rings. The summed E-state index contributed by atoms with van der Waals surface area (Å²) in [5.41, 5.74) is 0. The van der Waals surface area contributed by atoms with Crippen molar-refractivity contribution in [1.29, 1.82) is 0 Å². The zero-order valence-electron chi connectivity index (χ0n) is 11.2. The lowest BCUT2D eigenvalue weighted by Gasteiger charge is -2.62. The third-order valence-electron chi connectivity index (χ3n) is 4.61. The summed E-state index contributed by atoms with van der Waals surface area (Å²) in [6.07, 6.45) is -2.26. The van der Waals surface area contributed by atoms with E-state index >= 15 is 0 Å². The van der Waals surface area contributed by atoms with Crippen molar-refractivity contribution in [2.45, 2.75) is 49.8 Å². The molecule has 0 saturated carbocycles. The van der Waals surface area contributed by atoms with E-state index < -0.39 is 6.34 Å². The smallest absolute Gasteiger partial charge is 0.154 e. The van der Waals surface area contributed by atoms with Crippen LogP contribution < -0.4 is 0 Å². The quantitative estimate of drug-likeness (QED) is 0.680. The molecule has 0 aromatic heterocycles. The maximum atomic E-state index is 13.3. The van der Waals surface area contributed by atoms with Crippen LogP contribution in [0.4, 0.5) is 0 Å². The molecule has 1 nitrogen and oxygen atoms in total. The summed E-state index contributed by atoms with van der Waals surface area (Å²) in [7, 11) is 0. The third kappa shape index (κ3) is 1.64. The van der Waals surface area contributed by atoms with E-state index in [1.807, 2.05) is 18.2 Å². The zero-order valence-corrected chi connectivity index (χ0v) is 12.9. The van der Waals surface area contributed by atoms with Gasteiger partial charge in [-0.05, 0) is 18.1 Å². The summed E-state index contributed by atoms with van der Waals surface area (Å²) >= 11 is 1.61. The first-order chi connectivity index (χ1) is 7.73. The summed E-state index contributed by atoms with van der Waals surface area (Å²) in [4.78, 5) is 1.13. The molecule has 94 valence electrons. The summed E-state index contributed by atoms with van der Waals surface area (Å²) in [5.74, 6) is 0.497. The Morgan fingerprint density at radius 1 is 1.06 bits per heavy atom. The standard InChI is InChI=1S/C14H21OPS/c1-11-13(2,3)16(15,14(11,4)5)17-12-9-7-6-8-10-12/h6-11H,1-5H3. The molecule has 3 heteroatoms. The summed E-state index contributed by atoms with van der Waals surface area (Å²) in [6, 6.07) is 10.1. The highest BCUT2D eigenvalue weighted by atomic mass is 32.7. The Hall–Kier alpha value is -0.200. The van der Waals surface area contributed by atoms with Crippen molar-refractivity contribution in [3.8, 4) is 0 Å². The molecular formula is C14H21OPS. The lowest BCUT2D eigenvalue weighted by Crippen LogP contribution is -2.56. The van der Waals surface area contributed by atoms with Crippen LogP contribution in [0.1, 0.15) is 34.6 Å². The lowest BCUT2D eigenvalue weighted by atomic mass is 9.83. The van der Waals surface area contributed by atoms with E-state index in [0.717, 1.165) is 4.90 Å². The van der Waals surface area contributed by atoms with Crippen LogP contribution >= 0.6 is 17.7 Å². The zero-order chi connectivity index (χ0) is 12.9. The molecule has 0 amide bonds. The molecule has 2 rings (SSSR count). The number of rotatable bonds is 2. The van der Waals surface area contributed by atoms with Crippen LogP contribution in [-0.4, -0.2) is 10.3 Å². The minimum Gasteiger partial charge on any atom is -0.311 e. The van der Waals surface area contributed by atoms with Crippen LogP contribution in [0.5, 0.6) is 0 Å². The third-order valence-corrected chi connectivity index (χ3v) is 13.4. The van der Waals surface area contributed by atoms with Crippen molar-refractivity contribution in [3.05, 3.63) is 30.3 Å². The Kier molecular flexibility index (Phi) is 3.03. The molecule has 1 fully saturated rings. The highest BCUT2D eigenvalue weighted by molar-refractivity contribution is 8.59. The first-order valence-corrected chi connectivity index (χ1v) is 9.21. The fourth-order valence-electron chi connectivity index (χ4n) is 2.92. The van der Waals surface area contributed by atoms with Gasteiger partial charge in [0.15, 0.2) is 6.34 Å². The molecule has 1 saturated heterocycles. The molecule has 1 heterocycles. The lowest BCUT2D eigenvalue weighted by molar-refractivity contribution is 0.280. The van der Waals surface area contributed by atoms with E-state index in [1.54, 1.807) is 11.4 Å². The van der Waals surface area contributed by atoms with E-state index in [1.165, 1.54) is 0 Å². The predicted molar refractivity (Wildman–Crippen MR) is 77.2 cm³/mol. The van der Waals surface area contributed by atoms with Gasteiger partial charge in [-0.25, -0.2) is 0 Å². The first-order valence-electron chi connectivity index (χ1n) is 6.08. The van der Waals surface area contributed by atoms with Gasteiger partial charge in [0.25, 0.3) is 0 Å². The Bertz CT molecular complexity index is 444. The molecule has 1 aliphatic heterocycles. The molecule has 0 radical (unpaired) electrons. The maximum Gasteiger partial charge on any atom is 0.154 e. The molecule has 0 spiro atoms. The number of hydrogen-bond acceptors (Lipinski definition) is 2. The maximum absolute atomic E-state index is 13.3. The van der Waals surface area contributed by atoms with Crippen LogP contribution in [-0.2, 0) is 4.57 Å². The van der Waals surface area contributed by atoms with E-state index in [0.29, 0.717) is 5.92 Å². The summed E-state index contributed by atoms with van der Waals surface area (Å²) in [6.45, 7) is 10.8. The van der Waals surface area contributed by atoms with Crippen LogP contribution in [0.3, 0.4) is 0 Å². The molecule has 1 aromatic carbocycles. The van der Waals surface area contributed by atoms with Gasteiger partial charge in [0.2, 0.25) is 0 Å². The van der Waals surface area contributed by atoms with Gasteiger partial charge in [0.1, 0.15) is 0 Å². The molecule has 17 heavy (non-hydrogen) atoms. The van der Waals surface area contributed by atoms with E-state index in [9.17, 15) is 4.57 Å². The first kappa shape index (κ1) is 13.2. The normalized spacial score (nSPS) is 34.1. The summed E-state index contributed by atoms with van der Waals surface area (Å²) in [5, 5.41) is -0.117. The van der Waals surface area contributed by atoms with E-state index in [2.05, 4.69) is 46.8 Å². The Morgan fingerprint density at radius 2 is 1.53 bits per heavy atom. The van der Waals surface area contributed by atoms with Gasteiger partial charge in [-0.15, -0.1) is 0 Å². The van der Waals surface area contributed by atoms with Crippen LogP contribution in [0.15, 0.2) is 35.2 Å². The van der Waals surface area contributed by atoms with E-state index in [4.69, 9.17) is 0 Å². The van der Waals surface area contributed by atoms with Gasteiger partial charge in [-0.2, -0.15) is 0 Å². The monoisotopic (exact) mass is 268 g/mol. The largest absolute Gasteiger partial charge is 0.311 e. The molecule has 0 bridgehead atoms. The molecule has 0 N–H and O–H groups in total. The Balaban J connectivity index is 2.35. The minimum atomic E-state index is -2.26. The summed E-state index contributed by atoms with van der Waals surface area (Å²) < 4.78 is 13.3.